The first-order valence-corrected chi connectivity index (χ1v) is 9.74. The molecule has 6 heteroatoms. The number of hydrogen-bond acceptors (Lipinski definition) is 4. The van der Waals surface area contributed by atoms with Crippen LogP contribution in [0.5, 0.6) is 5.75 Å². The third-order valence-electron chi connectivity index (χ3n) is 4.86. The molecule has 1 saturated heterocycles. The zero-order valence-electron chi connectivity index (χ0n) is 15.1. The highest BCUT2D eigenvalue weighted by Crippen LogP contribution is 2.35. The number of amides is 1. The summed E-state index contributed by atoms with van der Waals surface area (Å²) in [6.45, 7) is 3.57. The average molecular weight is 387 g/mol. The van der Waals surface area contributed by atoms with Crippen LogP contribution >= 0.6 is 11.6 Å². The van der Waals surface area contributed by atoms with Crippen molar-refractivity contribution in [3.05, 3.63) is 53.1 Å². The van der Waals surface area contributed by atoms with Gasteiger partial charge >= 0.3 is 0 Å². The fourth-order valence-electron chi connectivity index (χ4n) is 3.12. The second kappa shape index (κ2) is 8.19. The van der Waals surface area contributed by atoms with Gasteiger partial charge in [0, 0.05) is 18.7 Å². The number of morpholine rings is 1. The van der Waals surface area contributed by atoms with Gasteiger partial charge in [0.15, 0.2) is 0 Å². The fraction of sp³-hybridized carbons (Fsp3) is 0.381. The van der Waals surface area contributed by atoms with Crippen LogP contribution in [0.25, 0.3) is 0 Å². The molecule has 2 aromatic carbocycles. The van der Waals surface area contributed by atoms with Crippen molar-refractivity contribution in [3.8, 4) is 5.75 Å². The molecule has 1 heterocycles. The Morgan fingerprint density at radius 3 is 2.59 bits per heavy atom. The first-order chi connectivity index (χ1) is 13.2. The second-order valence-electron chi connectivity index (χ2n) is 6.97. The quantitative estimate of drug-likeness (QED) is 0.807. The number of rotatable bonds is 6. The van der Waals surface area contributed by atoms with Gasteiger partial charge in [-0.1, -0.05) is 17.7 Å². The number of para-hydroxylation sites is 1. The zero-order chi connectivity index (χ0) is 18.6. The minimum Gasteiger partial charge on any atom is -0.493 e. The summed E-state index contributed by atoms with van der Waals surface area (Å²) in [4.78, 5) is 14.9. The minimum absolute atomic E-state index is 0.166. The molecule has 4 rings (SSSR count). The second-order valence-corrected chi connectivity index (χ2v) is 7.38. The van der Waals surface area contributed by atoms with Crippen LogP contribution in [0.4, 0.5) is 11.4 Å². The Balaban J connectivity index is 1.46. The van der Waals surface area contributed by atoms with Crippen molar-refractivity contribution in [1.29, 1.82) is 0 Å². The molecule has 1 N–H and O–H groups in total. The van der Waals surface area contributed by atoms with Crippen LogP contribution in [0, 0.1) is 5.92 Å². The summed E-state index contributed by atoms with van der Waals surface area (Å²) >= 11 is 6.43. The fourth-order valence-corrected chi connectivity index (χ4v) is 3.41. The molecule has 1 aliphatic heterocycles. The molecule has 2 fully saturated rings. The Labute approximate surface area is 164 Å². The van der Waals surface area contributed by atoms with E-state index in [9.17, 15) is 4.79 Å². The van der Waals surface area contributed by atoms with E-state index < -0.39 is 0 Å². The smallest absolute Gasteiger partial charge is 0.255 e. The summed E-state index contributed by atoms with van der Waals surface area (Å²) in [5.41, 5.74) is 2.14. The monoisotopic (exact) mass is 386 g/mol. The van der Waals surface area contributed by atoms with Gasteiger partial charge in [0.25, 0.3) is 5.91 Å². The van der Waals surface area contributed by atoms with E-state index in [2.05, 4.69) is 10.2 Å². The number of anilines is 2. The number of benzene rings is 2. The molecule has 27 heavy (non-hydrogen) atoms. The maximum atomic E-state index is 12.7. The SMILES string of the molecule is O=C(Nc1cccc(Cl)c1N1CCOCC1)c1ccc(OCC2CC2)cc1. The lowest BCUT2D eigenvalue weighted by molar-refractivity contribution is 0.102. The average Bonchev–Trinajstić information content (AvgIpc) is 3.52. The van der Waals surface area contributed by atoms with Crippen LogP contribution < -0.4 is 15.0 Å². The van der Waals surface area contributed by atoms with Gasteiger partial charge in [0.1, 0.15) is 5.75 Å². The Morgan fingerprint density at radius 1 is 1.15 bits per heavy atom. The van der Waals surface area contributed by atoms with Gasteiger partial charge in [0.05, 0.1) is 36.2 Å². The van der Waals surface area contributed by atoms with Crippen molar-refractivity contribution >= 4 is 28.9 Å². The third kappa shape index (κ3) is 4.54. The number of ether oxygens (including phenoxy) is 2. The highest BCUT2D eigenvalue weighted by molar-refractivity contribution is 6.34. The van der Waals surface area contributed by atoms with Crippen molar-refractivity contribution in [2.45, 2.75) is 12.8 Å². The molecule has 142 valence electrons. The Morgan fingerprint density at radius 2 is 1.89 bits per heavy atom. The highest BCUT2D eigenvalue weighted by Gasteiger charge is 2.22. The standard InChI is InChI=1S/C21H23ClN2O3/c22-18-2-1-3-19(20(18)24-10-12-26-13-11-24)23-21(25)16-6-8-17(9-7-16)27-14-15-4-5-15/h1-3,6-9,15H,4-5,10-14H2,(H,23,25). The minimum atomic E-state index is -0.166. The first kappa shape index (κ1) is 18.1. The lowest BCUT2D eigenvalue weighted by Gasteiger charge is -2.31. The predicted molar refractivity (Wildman–Crippen MR) is 107 cm³/mol. The molecule has 1 saturated carbocycles. The number of nitrogens with zero attached hydrogens (tertiary/aromatic N) is 1. The molecular formula is C21H23ClN2O3. The summed E-state index contributed by atoms with van der Waals surface area (Å²) in [6, 6.07) is 12.8. The molecule has 0 unspecified atom stereocenters. The van der Waals surface area contributed by atoms with Crippen molar-refractivity contribution in [2.75, 3.05) is 43.1 Å². The van der Waals surface area contributed by atoms with Crippen LogP contribution in [0.15, 0.2) is 42.5 Å². The summed E-state index contributed by atoms with van der Waals surface area (Å²) in [5, 5.41) is 3.62. The van der Waals surface area contributed by atoms with Crippen molar-refractivity contribution in [3.63, 3.8) is 0 Å². The highest BCUT2D eigenvalue weighted by atomic mass is 35.5. The lowest BCUT2D eigenvalue weighted by Crippen LogP contribution is -2.37. The Kier molecular flexibility index (Phi) is 5.50. The number of halogens is 1. The van der Waals surface area contributed by atoms with E-state index in [0.717, 1.165) is 31.1 Å². The number of nitrogens with one attached hydrogen (secondary N) is 1. The van der Waals surface area contributed by atoms with E-state index in [-0.39, 0.29) is 5.91 Å². The van der Waals surface area contributed by atoms with Gasteiger partial charge < -0.3 is 19.7 Å². The van der Waals surface area contributed by atoms with E-state index in [1.165, 1.54) is 12.8 Å². The van der Waals surface area contributed by atoms with E-state index in [1.54, 1.807) is 12.1 Å². The topological polar surface area (TPSA) is 50.8 Å². The number of hydrogen-bond donors (Lipinski definition) is 1. The maximum Gasteiger partial charge on any atom is 0.255 e. The maximum absolute atomic E-state index is 12.7. The Hall–Kier alpha value is -2.24. The van der Waals surface area contributed by atoms with Gasteiger partial charge in [-0.15, -0.1) is 0 Å². The van der Waals surface area contributed by atoms with Gasteiger partial charge in [-0.3, -0.25) is 4.79 Å². The molecule has 1 amide bonds. The van der Waals surface area contributed by atoms with Crippen LogP contribution in [-0.4, -0.2) is 38.8 Å². The molecule has 0 aromatic heterocycles. The summed E-state index contributed by atoms with van der Waals surface area (Å²) in [7, 11) is 0. The van der Waals surface area contributed by atoms with E-state index in [1.807, 2.05) is 30.3 Å². The molecule has 0 spiro atoms. The van der Waals surface area contributed by atoms with Crippen molar-refractivity contribution in [2.24, 2.45) is 5.92 Å². The van der Waals surface area contributed by atoms with E-state index in [0.29, 0.717) is 35.4 Å². The van der Waals surface area contributed by atoms with Crippen molar-refractivity contribution < 1.29 is 14.3 Å². The van der Waals surface area contributed by atoms with E-state index >= 15 is 0 Å². The largest absolute Gasteiger partial charge is 0.493 e. The molecule has 0 bridgehead atoms. The van der Waals surface area contributed by atoms with Gasteiger partial charge in [-0.05, 0) is 55.2 Å². The molecule has 0 atom stereocenters. The zero-order valence-corrected chi connectivity index (χ0v) is 15.9. The van der Waals surface area contributed by atoms with E-state index in [4.69, 9.17) is 21.1 Å². The van der Waals surface area contributed by atoms with Crippen LogP contribution in [0.2, 0.25) is 5.02 Å². The molecule has 0 radical (unpaired) electrons. The summed E-state index contributed by atoms with van der Waals surface area (Å²) < 4.78 is 11.1. The molecule has 5 nitrogen and oxygen atoms in total. The van der Waals surface area contributed by atoms with Gasteiger partial charge in [0.2, 0.25) is 0 Å². The Bertz CT molecular complexity index is 800. The summed E-state index contributed by atoms with van der Waals surface area (Å²) in [6.07, 6.45) is 2.51. The normalized spacial score (nSPS) is 16.9. The number of carbonyl (C=O) groups is 1. The van der Waals surface area contributed by atoms with Crippen LogP contribution in [0.1, 0.15) is 23.2 Å². The summed E-state index contributed by atoms with van der Waals surface area (Å²) in [5.74, 6) is 1.34. The van der Waals surface area contributed by atoms with Crippen molar-refractivity contribution in [1.82, 2.24) is 0 Å². The number of carbonyl (C=O) groups excluding carboxylic acids is 1. The predicted octanol–water partition coefficient (Wildman–Crippen LogP) is 4.22. The third-order valence-corrected chi connectivity index (χ3v) is 5.17. The first-order valence-electron chi connectivity index (χ1n) is 9.36. The molecule has 2 aliphatic rings. The van der Waals surface area contributed by atoms with Crippen LogP contribution in [0.3, 0.4) is 0 Å². The van der Waals surface area contributed by atoms with Gasteiger partial charge in [-0.25, -0.2) is 0 Å². The molecular weight excluding hydrogens is 364 g/mol. The molecule has 1 aliphatic carbocycles. The van der Waals surface area contributed by atoms with Crippen LogP contribution in [-0.2, 0) is 4.74 Å². The lowest BCUT2D eigenvalue weighted by atomic mass is 10.1. The molecule has 2 aromatic rings. The van der Waals surface area contributed by atoms with Gasteiger partial charge in [-0.2, -0.15) is 0 Å².